The summed E-state index contributed by atoms with van der Waals surface area (Å²) in [6.07, 6.45) is 6.80. The smallest absolute Gasteiger partial charge is 0.250 e. The maximum atomic E-state index is 11.7. The number of hydrogen-bond acceptors (Lipinski definition) is 4. The Morgan fingerprint density at radius 1 is 1.14 bits per heavy atom. The Kier molecular flexibility index (Phi) is 4.60. The van der Waals surface area contributed by atoms with E-state index >= 15 is 0 Å². The van der Waals surface area contributed by atoms with Crippen LogP contribution in [0.4, 0.5) is 5.69 Å². The molecule has 21 heavy (non-hydrogen) atoms. The van der Waals surface area contributed by atoms with Crippen molar-refractivity contribution in [3.63, 3.8) is 0 Å². The zero-order valence-corrected chi connectivity index (χ0v) is 12.7. The van der Waals surface area contributed by atoms with Gasteiger partial charge in [-0.05, 0) is 57.9 Å². The monoisotopic (exact) mass is 290 g/mol. The van der Waals surface area contributed by atoms with Crippen molar-refractivity contribution >= 4 is 5.69 Å². The molecular weight excluding hydrogens is 264 g/mol. The Balaban J connectivity index is 1.44. The van der Waals surface area contributed by atoms with E-state index < -0.39 is 0 Å². The molecule has 116 valence electrons. The minimum atomic E-state index is 0.0422. The summed E-state index contributed by atoms with van der Waals surface area (Å²) in [5, 5.41) is 0. The van der Waals surface area contributed by atoms with Gasteiger partial charge in [-0.3, -0.25) is 9.69 Å². The second-order valence-corrected chi connectivity index (χ2v) is 6.33. The van der Waals surface area contributed by atoms with Crippen LogP contribution in [0.1, 0.15) is 25.7 Å². The lowest BCUT2D eigenvalue weighted by atomic mass is 10.2. The van der Waals surface area contributed by atoms with Crippen molar-refractivity contribution in [3.8, 4) is 0 Å². The van der Waals surface area contributed by atoms with Crippen LogP contribution in [0, 0.1) is 0 Å². The van der Waals surface area contributed by atoms with Crippen molar-refractivity contribution < 1.29 is 0 Å². The highest BCUT2D eigenvalue weighted by Crippen LogP contribution is 2.20. The molecule has 1 unspecified atom stereocenters. The van der Waals surface area contributed by atoms with Crippen LogP contribution in [-0.2, 0) is 6.54 Å². The van der Waals surface area contributed by atoms with Gasteiger partial charge in [-0.25, -0.2) is 0 Å². The van der Waals surface area contributed by atoms with Crippen LogP contribution >= 0.6 is 0 Å². The summed E-state index contributed by atoms with van der Waals surface area (Å²) in [4.78, 5) is 16.9. The van der Waals surface area contributed by atoms with Crippen molar-refractivity contribution in [2.24, 2.45) is 0 Å². The van der Waals surface area contributed by atoms with E-state index in [0.717, 1.165) is 25.6 Å². The van der Waals surface area contributed by atoms with Gasteiger partial charge in [0.05, 0.1) is 0 Å². The SMILES string of the molecule is Nc1ccc(=O)n(CCCN2CCC(N3CCCC3)C2)c1. The van der Waals surface area contributed by atoms with Crippen LogP contribution in [0.3, 0.4) is 0 Å². The number of aryl methyl sites for hydroxylation is 1. The quantitative estimate of drug-likeness (QED) is 0.879. The zero-order chi connectivity index (χ0) is 14.7. The second kappa shape index (κ2) is 6.62. The highest BCUT2D eigenvalue weighted by atomic mass is 16.1. The molecule has 0 saturated carbocycles. The maximum absolute atomic E-state index is 11.7. The first-order chi connectivity index (χ1) is 10.2. The van der Waals surface area contributed by atoms with Gasteiger partial charge in [-0.2, -0.15) is 0 Å². The molecule has 1 aromatic rings. The molecule has 2 aliphatic heterocycles. The molecule has 5 heteroatoms. The number of nitrogens with two attached hydrogens (primary N) is 1. The Hall–Kier alpha value is -1.33. The summed E-state index contributed by atoms with van der Waals surface area (Å²) >= 11 is 0. The van der Waals surface area contributed by atoms with Gasteiger partial charge >= 0.3 is 0 Å². The van der Waals surface area contributed by atoms with E-state index in [1.165, 1.54) is 45.4 Å². The highest BCUT2D eigenvalue weighted by molar-refractivity contribution is 5.33. The van der Waals surface area contributed by atoms with Gasteiger partial charge in [-0.1, -0.05) is 0 Å². The Bertz CT molecular complexity index is 521. The van der Waals surface area contributed by atoms with Gasteiger partial charge in [0.15, 0.2) is 0 Å². The van der Waals surface area contributed by atoms with Crippen molar-refractivity contribution in [1.82, 2.24) is 14.4 Å². The third-order valence-electron chi connectivity index (χ3n) is 4.78. The highest BCUT2D eigenvalue weighted by Gasteiger charge is 2.28. The zero-order valence-electron chi connectivity index (χ0n) is 12.7. The molecule has 5 nitrogen and oxygen atoms in total. The molecule has 3 rings (SSSR count). The Morgan fingerprint density at radius 2 is 1.95 bits per heavy atom. The number of pyridine rings is 1. The first-order valence-electron chi connectivity index (χ1n) is 8.15. The molecule has 2 fully saturated rings. The molecule has 0 aromatic carbocycles. The summed E-state index contributed by atoms with van der Waals surface area (Å²) in [7, 11) is 0. The lowest BCUT2D eigenvalue weighted by Crippen LogP contribution is -2.35. The van der Waals surface area contributed by atoms with E-state index in [0.29, 0.717) is 5.69 Å². The number of hydrogen-bond donors (Lipinski definition) is 1. The minimum Gasteiger partial charge on any atom is -0.398 e. The van der Waals surface area contributed by atoms with Crippen molar-refractivity contribution in [2.75, 3.05) is 38.5 Å². The molecule has 0 radical (unpaired) electrons. The van der Waals surface area contributed by atoms with Crippen LogP contribution < -0.4 is 11.3 Å². The van der Waals surface area contributed by atoms with E-state index in [9.17, 15) is 4.79 Å². The first-order valence-corrected chi connectivity index (χ1v) is 8.15. The molecule has 0 aliphatic carbocycles. The fourth-order valence-electron chi connectivity index (χ4n) is 3.61. The average Bonchev–Trinajstić information content (AvgIpc) is 3.13. The van der Waals surface area contributed by atoms with E-state index in [1.54, 1.807) is 22.9 Å². The summed E-state index contributed by atoms with van der Waals surface area (Å²) in [6, 6.07) is 3.98. The van der Waals surface area contributed by atoms with Gasteiger partial charge in [-0.15, -0.1) is 0 Å². The summed E-state index contributed by atoms with van der Waals surface area (Å²) < 4.78 is 1.73. The van der Waals surface area contributed by atoms with Crippen LogP contribution in [0.15, 0.2) is 23.1 Å². The second-order valence-electron chi connectivity index (χ2n) is 6.33. The molecule has 0 amide bonds. The standard InChI is InChI=1S/C16H26N4O/c17-14-4-5-16(21)20(12-14)10-3-7-18-11-6-15(13-18)19-8-1-2-9-19/h4-5,12,15H,1-3,6-11,13,17H2. The van der Waals surface area contributed by atoms with Crippen molar-refractivity contribution in [3.05, 3.63) is 28.7 Å². The normalized spacial score (nSPS) is 23.9. The predicted octanol–water partition coefficient (Wildman–Crippen LogP) is 0.991. The van der Waals surface area contributed by atoms with Gasteiger partial charge in [0, 0.05) is 37.1 Å². The first kappa shape index (κ1) is 14.6. The van der Waals surface area contributed by atoms with Gasteiger partial charge in [0.2, 0.25) is 0 Å². The summed E-state index contributed by atoms with van der Waals surface area (Å²) in [6.45, 7) is 6.81. The van der Waals surface area contributed by atoms with Crippen LogP contribution in [0.25, 0.3) is 0 Å². The maximum Gasteiger partial charge on any atom is 0.250 e. The average molecular weight is 290 g/mol. The molecular formula is C16H26N4O. The number of rotatable bonds is 5. The molecule has 2 aliphatic rings. The van der Waals surface area contributed by atoms with E-state index in [2.05, 4.69) is 9.80 Å². The van der Waals surface area contributed by atoms with E-state index in [4.69, 9.17) is 5.73 Å². The fourth-order valence-corrected chi connectivity index (χ4v) is 3.61. The number of anilines is 1. The molecule has 2 saturated heterocycles. The number of aromatic nitrogens is 1. The van der Waals surface area contributed by atoms with Gasteiger partial charge in [0.25, 0.3) is 5.56 Å². The van der Waals surface area contributed by atoms with Crippen LogP contribution in [-0.4, -0.2) is 53.1 Å². The predicted molar refractivity (Wildman–Crippen MR) is 85.4 cm³/mol. The van der Waals surface area contributed by atoms with E-state index in [-0.39, 0.29) is 5.56 Å². The van der Waals surface area contributed by atoms with Crippen LogP contribution in [0.5, 0.6) is 0 Å². The van der Waals surface area contributed by atoms with E-state index in [1.807, 2.05) is 0 Å². The fraction of sp³-hybridized carbons (Fsp3) is 0.688. The Labute approximate surface area is 126 Å². The van der Waals surface area contributed by atoms with Crippen molar-refractivity contribution in [2.45, 2.75) is 38.3 Å². The topological polar surface area (TPSA) is 54.5 Å². The molecule has 2 N–H and O–H groups in total. The third kappa shape index (κ3) is 3.66. The lowest BCUT2D eigenvalue weighted by molar-refractivity contribution is 0.230. The van der Waals surface area contributed by atoms with Crippen LogP contribution in [0.2, 0.25) is 0 Å². The largest absolute Gasteiger partial charge is 0.398 e. The third-order valence-corrected chi connectivity index (χ3v) is 4.78. The lowest BCUT2D eigenvalue weighted by Gasteiger charge is -2.23. The Morgan fingerprint density at radius 3 is 2.76 bits per heavy atom. The van der Waals surface area contributed by atoms with Crippen molar-refractivity contribution in [1.29, 1.82) is 0 Å². The van der Waals surface area contributed by atoms with Gasteiger partial charge in [0.1, 0.15) is 0 Å². The number of nitrogens with zero attached hydrogens (tertiary/aromatic N) is 3. The molecule has 1 atom stereocenters. The minimum absolute atomic E-state index is 0.0422. The van der Waals surface area contributed by atoms with Gasteiger partial charge < -0.3 is 15.2 Å². The molecule has 0 bridgehead atoms. The summed E-state index contributed by atoms with van der Waals surface area (Å²) in [5.41, 5.74) is 6.43. The number of likely N-dealkylation sites (tertiary alicyclic amines) is 2. The molecule has 1 aromatic heterocycles. The number of nitrogen functional groups attached to an aromatic ring is 1. The summed E-state index contributed by atoms with van der Waals surface area (Å²) in [5.74, 6) is 0. The molecule has 0 spiro atoms. The molecule has 3 heterocycles.